The Kier molecular flexibility index (Phi) is 4.87. The van der Waals surface area contributed by atoms with E-state index in [0.29, 0.717) is 0 Å². The van der Waals surface area contributed by atoms with Crippen LogP contribution in [0.1, 0.15) is 16.7 Å². The van der Waals surface area contributed by atoms with Crippen molar-refractivity contribution in [3.63, 3.8) is 0 Å². The number of ether oxygens (including phenoxy) is 1. The molecule has 2 aromatic carbocycles. The van der Waals surface area contributed by atoms with Gasteiger partial charge in [-0.1, -0.05) is 60.2 Å². The van der Waals surface area contributed by atoms with Gasteiger partial charge in [0, 0.05) is 0 Å². The summed E-state index contributed by atoms with van der Waals surface area (Å²) in [5.74, 6) is -2.33. The quantitative estimate of drug-likeness (QED) is 0.593. The third kappa shape index (κ3) is 3.22. The lowest BCUT2D eigenvalue weighted by molar-refractivity contribution is -0.126. The first kappa shape index (κ1) is 20.1. The highest BCUT2D eigenvalue weighted by atomic mass is 32.2. The Morgan fingerprint density at radius 1 is 1.11 bits per heavy atom. The molecule has 0 saturated carbocycles. The van der Waals surface area contributed by atoms with Crippen molar-refractivity contribution in [2.75, 3.05) is 0 Å². The van der Waals surface area contributed by atoms with Crippen molar-refractivity contribution >= 4 is 39.4 Å². The van der Waals surface area contributed by atoms with Crippen molar-refractivity contribution in [2.45, 2.75) is 17.0 Å². The van der Waals surface area contributed by atoms with E-state index in [1.165, 1.54) is 12.1 Å². The predicted octanol–water partition coefficient (Wildman–Crippen LogP) is 0.537. The van der Waals surface area contributed by atoms with E-state index in [0.717, 1.165) is 5.56 Å². The van der Waals surface area contributed by atoms with Crippen molar-refractivity contribution in [1.29, 1.82) is 0 Å². The summed E-state index contributed by atoms with van der Waals surface area (Å²) >= 11 is 0. The first-order chi connectivity index (χ1) is 13.0. The number of rotatable bonds is 5. The van der Waals surface area contributed by atoms with Crippen LogP contribution in [0.3, 0.4) is 0 Å². The molecular weight excluding hydrogens is 375 g/mol. The fraction of sp³-hybridized carbons (Fsp3) is 0.167. The molecule has 0 aromatic heterocycles. The third-order valence-electron chi connectivity index (χ3n) is 4.32. The van der Waals surface area contributed by atoms with Gasteiger partial charge in [0.05, 0.1) is 20.2 Å². The summed E-state index contributed by atoms with van der Waals surface area (Å²) in [6.07, 6.45) is 0. The molecule has 136 valence electrons. The largest absolute Gasteiger partial charge is 0.467 e. The second-order valence-electron chi connectivity index (χ2n) is 6.43. The summed E-state index contributed by atoms with van der Waals surface area (Å²) in [4.78, 5) is 12.8. The van der Waals surface area contributed by atoms with Crippen LogP contribution in [0.4, 0.5) is 0 Å². The zero-order valence-electron chi connectivity index (χ0n) is 15.0. The van der Waals surface area contributed by atoms with E-state index < -0.39 is 37.6 Å². The fourth-order valence-corrected chi connectivity index (χ4v) is 3.65. The molecule has 28 heavy (non-hydrogen) atoms. The van der Waals surface area contributed by atoms with Crippen molar-refractivity contribution < 1.29 is 22.1 Å². The van der Waals surface area contributed by atoms with E-state index in [-0.39, 0.29) is 11.1 Å². The monoisotopic (exact) mass is 389 g/mol. The van der Waals surface area contributed by atoms with Crippen molar-refractivity contribution in [1.82, 2.24) is 0 Å². The second-order valence-corrected chi connectivity index (χ2v) is 8.18. The van der Waals surface area contributed by atoms with Crippen LogP contribution in [-0.4, -0.2) is 37.7 Å². The summed E-state index contributed by atoms with van der Waals surface area (Å²) < 4.78 is 33.1. The van der Waals surface area contributed by atoms with Crippen LogP contribution in [0, 0.1) is 6.92 Å². The highest BCUT2D eigenvalue weighted by Crippen LogP contribution is 2.38. The van der Waals surface area contributed by atoms with Gasteiger partial charge < -0.3 is 14.7 Å². The smallest absolute Gasteiger partial charge is 0.302 e. The van der Waals surface area contributed by atoms with Crippen LogP contribution in [0.25, 0.3) is 0 Å². The van der Waals surface area contributed by atoms with Crippen LogP contribution >= 0.6 is 0 Å². The Balaban J connectivity index is 1.94. The van der Waals surface area contributed by atoms with E-state index in [1.807, 2.05) is 0 Å². The number of benzene rings is 2. The molecule has 2 aromatic rings. The average molecular weight is 389 g/mol. The minimum absolute atomic E-state index is 0.0539. The molecule has 6 radical (unpaired) electrons. The number of carbonyl (C=O) groups is 1. The first-order valence-corrected chi connectivity index (χ1v) is 9.57. The SMILES string of the molecule is [B]C([B])(c1ccccc1)S(=O)(=O)OC1=C(N)O[C@@]([B])(c2cccc(C)c2)C1=O. The van der Waals surface area contributed by atoms with Gasteiger partial charge in [-0.25, -0.2) is 0 Å². The highest BCUT2D eigenvalue weighted by Gasteiger charge is 2.50. The van der Waals surface area contributed by atoms with E-state index in [2.05, 4.69) is 0 Å². The standard InChI is InChI=1S/C18H14B3NO5S/c1-11-6-5-9-13(10-11)17(19)15(23)14(16(22)26-17)27-28(24,25)18(20,21)12-7-3-2-4-8-12/h2-10H,22H2,1H3/t17-/m0/s1. The van der Waals surface area contributed by atoms with Crippen LogP contribution < -0.4 is 5.73 Å². The zero-order chi connectivity index (χ0) is 20.7. The minimum atomic E-state index is -4.74. The van der Waals surface area contributed by atoms with Gasteiger partial charge in [0.15, 0.2) is 5.50 Å². The molecular formula is C18H14B3NO5S. The van der Waals surface area contributed by atoms with Gasteiger partial charge in [-0.15, -0.1) is 0 Å². The summed E-state index contributed by atoms with van der Waals surface area (Å²) in [5, 5.41) is 0. The molecule has 0 saturated heterocycles. The van der Waals surface area contributed by atoms with Gasteiger partial charge >= 0.3 is 10.1 Å². The molecule has 1 aliphatic heterocycles. The van der Waals surface area contributed by atoms with Crippen LogP contribution in [0.5, 0.6) is 0 Å². The van der Waals surface area contributed by atoms with Gasteiger partial charge in [0.25, 0.3) is 0 Å². The molecule has 0 bridgehead atoms. The maximum atomic E-state index is 12.8. The fourth-order valence-electron chi connectivity index (χ4n) is 2.71. The van der Waals surface area contributed by atoms with Crippen molar-refractivity contribution in [3.05, 3.63) is 82.9 Å². The van der Waals surface area contributed by atoms with E-state index >= 15 is 0 Å². The van der Waals surface area contributed by atoms with Gasteiger partial charge in [-0.3, -0.25) is 4.79 Å². The van der Waals surface area contributed by atoms with E-state index in [1.54, 1.807) is 49.4 Å². The molecule has 2 N–H and O–H groups in total. The Morgan fingerprint density at radius 2 is 1.75 bits per heavy atom. The summed E-state index contributed by atoms with van der Waals surface area (Å²) in [6, 6.07) is 14.2. The number of hydrogen-bond acceptors (Lipinski definition) is 6. The molecule has 3 rings (SSSR count). The number of hydrogen-bond donors (Lipinski definition) is 1. The number of Topliss-reactive ketones (excluding diaryl/α,β-unsaturated/α-hetero) is 1. The van der Waals surface area contributed by atoms with Crippen molar-refractivity contribution in [2.24, 2.45) is 5.73 Å². The van der Waals surface area contributed by atoms with E-state index in [4.69, 9.17) is 38.2 Å². The van der Waals surface area contributed by atoms with Gasteiger partial charge in [0.2, 0.25) is 17.4 Å². The Morgan fingerprint density at radius 3 is 2.36 bits per heavy atom. The van der Waals surface area contributed by atoms with E-state index in [9.17, 15) is 13.2 Å². The number of aryl methyl sites for hydroxylation is 1. The lowest BCUT2D eigenvalue weighted by Gasteiger charge is -2.26. The molecule has 0 aliphatic carbocycles. The molecule has 1 atom stereocenters. The molecule has 1 aliphatic rings. The Hall–Kier alpha value is -2.61. The van der Waals surface area contributed by atoms with Gasteiger partial charge in [-0.2, -0.15) is 8.42 Å². The highest BCUT2D eigenvalue weighted by molar-refractivity contribution is 7.90. The molecule has 0 amide bonds. The van der Waals surface area contributed by atoms with Crippen LogP contribution in [-0.2, 0) is 33.9 Å². The summed E-state index contributed by atoms with van der Waals surface area (Å²) in [7, 11) is 12.9. The molecule has 1 heterocycles. The van der Waals surface area contributed by atoms with Crippen LogP contribution in [0.15, 0.2) is 66.2 Å². The van der Waals surface area contributed by atoms with Gasteiger partial charge in [-0.05, 0) is 18.1 Å². The van der Waals surface area contributed by atoms with Crippen LogP contribution in [0.2, 0.25) is 0 Å². The summed E-state index contributed by atoms with van der Waals surface area (Å²) in [5.41, 5.74) is 4.82. The van der Waals surface area contributed by atoms with Gasteiger partial charge in [0.1, 0.15) is 7.85 Å². The van der Waals surface area contributed by atoms with Crippen molar-refractivity contribution in [3.8, 4) is 0 Å². The summed E-state index contributed by atoms with van der Waals surface area (Å²) in [6.45, 7) is 1.79. The third-order valence-corrected chi connectivity index (χ3v) is 5.77. The number of ketones is 1. The topological polar surface area (TPSA) is 95.7 Å². The normalized spacial score (nSPS) is 20.1. The molecule has 10 heteroatoms. The molecule has 0 unspecified atom stereocenters. The lowest BCUT2D eigenvalue weighted by Crippen LogP contribution is -2.40. The Labute approximate surface area is 167 Å². The molecule has 6 nitrogen and oxygen atoms in total. The lowest BCUT2D eigenvalue weighted by atomic mass is 9.65. The maximum absolute atomic E-state index is 12.8. The second kappa shape index (κ2) is 6.77. The maximum Gasteiger partial charge on any atom is 0.302 e. The number of nitrogens with two attached hydrogens (primary N) is 1. The Bertz CT molecular complexity index is 1070. The first-order valence-electron chi connectivity index (χ1n) is 8.16. The number of carbonyl (C=O) groups excluding carboxylic acids is 1. The minimum Gasteiger partial charge on any atom is -0.467 e. The zero-order valence-corrected chi connectivity index (χ0v) is 15.8. The molecule has 0 spiro atoms. The predicted molar refractivity (Wildman–Crippen MR) is 106 cm³/mol. The molecule has 0 fully saturated rings. The average Bonchev–Trinajstić information content (AvgIpc) is 2.86.